The van der Waals surface area contributed by atoms with Crippen molar-refractivity contribution in [1.82, 2.24) is 4.90 Å². The molecule has 1 heterocycles. The summed E-state index contributed by atoms with van der Waals surface area (Å²) in [6, 6.07) is 0. The molecule has 0 aromatic rings. The second-order valence-electron chi connectivity index (χ2n) is 2.51. The Bertz CT molecular complexity index is 209. The lowest BCUT2D eigenvalue weighted by molar-refractivity contribution is -0.185. The van der Waals surface area contributed by atoms with Gasteiger partial charge in [0, 0.05) is 13.1 Å². The molecule has 0 atom stereocenters. The molecule has 0 bridgehead atoms. The highest BCUT2D eigenvalue weighted by molar-refractivity contribution is 5.82. The Morgan fingerprint density at radius 1 is 1.33 bits per heavy atom. The summed E-state index contributed by atoms with van der Waals surface area (Å²) >= 11 is 0. The van der Waals surface area contributed by atoms with Crippen LogP contribution in [0.4, 0.5) is 13.2 Å². The van der Waals surface area contributed by atoms with E-state index in [-0.39, 0.29) is 13.1 Å². The molecule has 0 fully saturated rings. The average Bonchev–Trinajstić information content (AvgIpc) is 2.03. The standard InChI is InChI=1S/C7H8F3NO/c8-7(9,10)6(12)11-4-2-1-3-5-11/h1-2H,3-5H2/i8-1. The fourth-order valence-corrected chi connectivity index (χ4v) is 1.01. The van der Waals surface area contributed by atoms with Crippen LogP contribution in [-0.2, 0) is 4.79 Å². The Morgan fingerprint density at radius 3 is 2.42 bits per heavy atom. The summed E-state index contributed by atoms with van der Waals surface area (Å²) in [5.41, 5.74) is 0. The minimum absolute atomic E-state index is 0.0678. The van der Waals surface area contributed by atoms with Crippen LogP contribution in [0.25, 0.3) is 0 Å². The smallest absolute Gasteiger partial charge is 0.331 e. The summed E-state index contributed by atoms with van der Waals surface area (Å²) in [4.78, 5) is 11.4. The van der Waals surface area contributed by atoms with Crippen molar-refractivity contribution in [3.05, 3.63) is 12.2 Å². The first-order chi connectivity index (χ1) is 5.52. The maximum Gasteiger partial charge on any atom is 0.471 e. The normalized spacial score (nSPS) is 18.1. The quantitative estimate of drug-likeness (QED) is 0.512. The summed E-state index contributed by atoms with van der Waals surface area (Å²) in [5, 5.41) is 0. The largest absolute Gasteiger partial charge is 0.471 e. The molecule has 68 valence electrons. The SMILES string of the molecule is O=C(N1CC=CCC1)C(F)(F)[18F]. The maximum atomic E-state index is 11.8. The van der Waals surface area contributed by atoms with Crippen LogP contribution in [0.3, 0.4) is 0 Å². The first-order valence-electron chi connectivity index (χ1n) is 3.53. The number of nitrogens with zero attached hydrogens (tertiary/aromatic N) is 1. The number of halogens is 3. The second-order valence-corrected chi connectivity index (χ2v) is 2.51. The monoisotopic (exact) mass is 178 g/mol. The highest BCUT2D eigenvalue weighted by atomic mass is 19.3. The van der Waals surface area contributed by atoms with Gasteiger partial charge in [-0.2, -0.15) is 13.2 Å². The number of carbonyl (C=O) groups is 1. The molecule has 1 rings (SSSR count). The van der Waals surface area contributed by atoms with Gasteiger partial charge in [0.15, 0.2) is 0 Å². The number of amides is 1. The van der Waals surface area contributed by atoms with E-state index in [1.807, 2.05) is 0 Å². The number of hydrogen-bond donors (Lipinski definition) is 0. The highest BCUT2D eigenvalue weighted by Crippen LogP contribution is 2.19. The molecule has 1 amide bonds. The third-order valence-electron chi connectivity index (χ3n) is 1.59. The summed E-state index contributed by atoms with van der Waals surface area (Å²) < 4.78 is 35.5. The summed E-state index contributed by atoms with van der Waals surface area (Å²) in [5.74, 6) is -1.74. The van der Waals surface area contributed by atoms with E-state index >= 15 is 0 Å². The minimum atomic E-state index is -4.73. The van der Waals surface area contributed by atoms with Gasteiger partial charge in [-0.05, 0) is 6.42 Å². The Kier molecular flexibility index (Phi) is 2.40. The molecule has 0 saturated heterocycles. The van der Waals surface area contributed by atoms with Gasteiger partial charge in [0.25, 0.3) is 0 Å². The molecule has 1 aliphatic rings. The Morgan fingerprint density at radius 2 is 2.00 bits per heavy atom. The summed E-state index contributed by atoms with van der Waals surface area (Å²) in [7, 11) is 0. The van der Waals surface area contributed by atoms with Gasteiger partial charge in [0.1, 0.15) is 0 Å². The molecule has 0 radical (unpaired) electrons. The van der Waals surface area contributed by atoms with Crippen LogP contribution in [-0.4, -0.2) is 30.1 Å². The van der Waals surface area contributed by atoms with E-state index in [1.54, 1.807) is 12.2 Å². The van der Waals surface area contributed by atoms with E-state index in [4.69, 9.17) is 0 Å². The molecular formula is C7H8F3NO. The fourth-order valence-electron chi connectivity index (χ4n) is 1.01. The zero-order chi connectivity index (χ0) is 9.19. The van der Waals surface area contributed by atoms with Gasteiger partial charge < -0.3 is 4.90 Å². The first kappa shape index (κ1) is 9.09. The van der Waals surface area contributed by atoms with Gasteiger partial charge >= 0.3 is 12.1 Å². The van der Waals surface area contributed by atoms with E-state index in [9.17, 15) is 18.0 Å². The highest BCUT2D eigenvalue weighted by Gasteiger charge is 2.42. The van der Waals surface area contributed by atoms with Gasteiger partial charge in [0.2, 0.25) is 0 Å². The van der Waals surface area contributed by atoms with Crippen LogP contribution in [0, 0.1) is 0 Å². The van der Waals surface area contributed by atoms with Crippen LogP contribution in [0.5, 0.6) is 0 Å². The lowest BCUT2D eigenvalue weighted by Gasteiger charge is -2.23. The van der Waals surface area contributed by atoms with Crippen LogP contribution in [0.15, 0.2) is 12.2 Å². The van der Waals surface area contributed by atoms with Crippen LogP contribution < -0.4 is 0 Å². The summed E-state index contributed by atoms with van der Waals surface area (Å²) in [6.45, 7) is 0.229. The first-order valence-corrected chi connectivity index (χ1v) is 3.53. The Balaban J connectivity index is 2.59. The Hall–Kier alpha value is -1.00. The van der Waals surface area contributed by atoms with Gasteiger partial charge in [0.05, 0.1) is 0 Å². The van der Waals surface area contributed by atoms with Crippen molar-refractivity contribution in [2.24, 2.45) is 0 Å². The number of rotatable bonds is 0. The maximum absolute atomic E-state index is 11.8. The Labute approximate surface area is 67.7 Å². The number of carbonyl (C=O) groups excluding carboxylic acids is 1. The number of alkyl halides is 3. The van der Waals surface area contributed by atoms with Crippen LogP contribution >= 0.6 is 0 Å². The van der Waals surface area contributed by atoms with Gasteiger partial charge in [-0.25, -0.2) is 0 Å². The zero-order valence-electron chi connectivity index (χ0n) is 6.27. The van der Waals surface area contributed by atoms with Crippen LogP contribution in [0.2, 0.25) is 0 Å². The van der Waals surface area contributed by atoms with Crippen LogP contribution in [0.1, 0.15) is 6.42 Å². The molecular weight excluding hydrogens is 170 g/mol. The van der Waals surface area contributed by atoms with Crippen molar-refractivity contribution >= 4 is 5.91 Å². The molecule has 2 nitrogen and oxygen atoms in total. The summed E-state index contributed by atoms with van der Waals surface area (Å²) in [6.07, 6.45) is -0.902. The van der Waals surface area contributed by atoms with E-state index in [0.717, 1.165) is 4.90 Å². The lowest BCUT2D eigenvalue weighted by Crippen LogP contribution is -2.42. The molecule has 0 aromatic heterocycles. The molecule has 0 N–H and O–H groups in total. The van der Waals surface area contributed by atoms with Crippen molar-refractivity contribution in [3.63, 3.8) is 0 Å². The molecule has 0 spiro atoms. The van der Waals surface area contributed by atoms with E-state index in [0.29, 0.717) is 6.42 Å². The van der Waals surface area contributed by atoms with Crippen molar-refractivity contribution in [3.8, 4) is 0 Å². The van der Waals surface area contributed by atoms with Crippen molar-refractivity contribution in [1.29, 1.82) is 0 Å². The van der Waals surface area contributed by atoms with Crippen molar-refractivity contribution < 1.29 is 18.0 Å². The van der Waals surface area contributed by atoms with E-state index in [1.165, 1.54) is 0 Å². The zero-order valence-corrected chi connectivity index (χ0v) is 6.27. The molecule has 0 aliphatic carbocycles. The van der Waals surface area contributed by atoms with E-state index in [2.05, 4.69) is 0 Å². The van der Waals surface area contributed by atoms with E-state index < -0.39 is 12.1 Å². The van der Waals surface area contributed by atoms with Gasteiger partial charge in [-0.15, -0.1) is 0 Å². The van der Waals surface area contributed by atoms with Gasteiger partial charge in [-0.3, -0.25) is 4.79 Å². The topological polar surface area (TPSA) is 20.3 Å². The van der Waals surface area contributed by atoms with Crippen molar-refractivity contribution in [2.75, 3.05) is 13.1 Å². The lowest BCUT2D eigenvalue weighted by atomic mass is 10.2. The number of hydrogen-bond acceptors (Lipinski definition) is 1. The average molecular weight is 178 g/mol. The molecule has 5 heteroatoms. The molecule has 0 aromatic carbocycles. The molecule has 12 heavy (non-hydrogen) atoms. The molecule has 0 unspecified atom stereocenters. The van der Waals surface area contributed by atoms with Gasteiger partial charge in [-0.1, -0.05) is 12.2 Å². The predicted molar refractivity (Wildman–Crippen MR) is 36.4 cm³/mol. The minimum Gasteiger partial charge on any atom is -0.331 e. The molecule has 1 aliphatic heterocycles. The third kappa shape index (κ3) is 1.99. The predicted octanol–water partition coefficient (Wildman–Crippen LogP) is 1.34. The third-order valence-corrected chi connectivity index (χ3v) is 1.59. The fraction of sp³-hybridized carbons (Fsp3) is 0.571. The second kappa shape index (κ2) is 3.16. The van der Waals surface area contributed by atoms with Crippen molar-refractivity contribution in [2.45, 2.75) is 12.6 Å². The molecule has 0 saturated carbocycles.